The lowest BCUT2D eigenvalue weighted by molar-refractivity contribution is -0.128. The Hall–Kier alpha value is -4.16. The number of carbonyl (C=O) groups is 1. The summed E-state index contributed by atoms with van der Waals surface area (Å²) in [5, 5.41) is 4.70. The fraction of sp³-hybridized carbons (Fsp3) is 0.148. The van der Waals surface area contributed by atoms with E-state index in [9.17, 15) is 18.4 Å². The normalized spacial score (nSPS) is 15.5. The van der Waals surface area contributed by atoms with Crippen molar-refractivity contribution in [3.8, 4) is 16.9 Å². The molecule has 1 atom stereocenters. The summed E-state index contributed by atoms with van der Waals surface area (Å²) in [7, 11) is 0. The van der Waals surface area contributed by atoms with Crippen molar-refractivity contribution in [1.29, 1.82) is 0 Å². The zero-order valence-electron chi connectivity index (χ0n) is 20.1. The highest BCUT2D eigenvalue weighted by Crippen LogP contribution is 2.36. The van der Waals surface area contributed by atoms with Gasteiger partial charge in [0.05, 0.1) is 11.2 Å². The molecule has 1 fully saturated rings. The van der Waals surface area contributed by atoms with Gasteiger partial charge in [0.15, 0.2) is 12.0 Å². The molecule has 3 aromatic carbocycles. The number of fused-ring (bicyclic) bond motifs is 1. The van der Waals surface area contributed by atoms with Crippen LogP contribution in [0.25, 0.3) is 28.0 Å². The van der Waals surface area contributed by atoms with Crippen molar-refractivity contribution in [3.63, 3.8) is 0 Å². The molecule has 0 bridgehead atoms. The molecule has 1 aliphatic rings. The Morgan fingerprint density at radius 1 is 1.03 bits per heavy atom. The van der Waals surface area contributed by atoms with Gasteiger partial charge in [0.2, 0.25) is 0 Å². The minimum Gasteiger partial charge on any atom is -0.344 e. The lowest BCUT2D eigenvalue weighted by Crippen LogP contribution is -2.31. The van der Waals surface area contributed by atoms with E-state index in [2.05, 4.69) is 25.9 Å². The van der Waals surface area contributed by atoms with Gasteiger partial charge in [-0.25, -0.2) is 22.6 Å². The predicted molar refractivity (Wildman–Crippen MR) is 140 cm³/mol. The number of benzene rings is 3. The molecule has 198 valence electrons. The average Bonchev–Trinajstić information content (AvgIpc) is 3.61. The molecule has 12 heteroatoms. The molecule has 0 aliphatic carbocycles. The van der Waals surface area contributed by atoms with E-state index in [1.165, 1.54) is 17.0 Å². The highest BCUT2D eigenvalue weighted by molar-refractivity contribution is 9.10. The third-order valence-electron chi connectivity index (χ3n) is 6.59. The predicted octanol–water partition coefficient (Wildman–Crippen LogP) is 4.99. The minimum absolute atomic E-state index is 0.0153. The number of nitrogens with one attached hydrogen (secondary N) is 2. The summed E-state index contributed by atoms with van der Waals surface area (Å²) in [6.45, 7) is -0.296. The number of H-pyrrole nitrogens is 2. The van der Waals surface area contributed by atoms with Gasteiger partial charge in [0.25, 0.3) is 5.91 Å². The molecule has 5 aromatic rings. The second-order valence-electron chi connectivity index (χ2n) is 9.01. The molecule has 2 N–H and O–H groups in total. The van der Waals surface area contributed by atoms with Gasteiger partial charge in [-0.2, -0.15) is 5.10 Å². The van der Waals surface area contributed by atoms with Gasteiger partial charge < -0.3 is 19.6 Å². The second kappa shape index (κ2) is 9.86. The lowest BCUT2D eigenvalue weighted by atomic mass is 10.1. The summed E-state index contributed by atoms with van der Waals surface area (Å²) in [6.07, 6.45) is 0.651. The van der Waals surface area contributed by atoms with E-state index in [4.69, 9.17) is 9.84 Å². The number of halogens is 4. The van der Waals surface area contributed by atoms with E-state index in [0.717, 1.165) is 16.2 Å². The Kier molecular flexibility index (Phi) is 6.35. The van der Waals surface area contributed by atoms with Crippen LogP contribution in [-0.4, -0.2) is 43.7 Å². The third kappa shape index (κ3) is 4.66. The van der Waals surface area contributed by atoms with Crippen molar-refractivity contribution in [2.45, 2.75) is 12.6 Å². The first-order valence-electron chi connectivity index (χ1n) is 11.9. The summed E-state index contributed by atoms with van der Waals surface area (Å²) in [5.41, 5.74) is 1.30. The standard InChI is InChI=1S/C27H19BrF3N5O3/c28-15-3-7-17(8-4-15)36-12-19(24(34-36)14-1-5-16(29)6-2-14)26-35(22(37)13-39-26)10-9-18-20(30)11-21-25(23(18)31)33-27(38)32-21/h1-8,11-12,26H,9-10,13H2,(H2,32,33,38). The largest absolute Gasteiger partial charge is 0.344 e. The van der Waals surface area contributed by atoms with Crippen molar-refractivity contribution in [2.75, 3.05) is 13.2 Å². The maximum absolute atomic E-state index is 15.1. The second-order valence-corrected chi connectivity index (χ2v) is 9.93. The van der Waals surface area contributed by atoms with Crippen LogP contribution in [0.2, 0.25) is 0 Å². The van der Waals surface area contributed by atoms with Crippen molar-refractivity contribution in [1.82, 2.24) is 24.6 Å². The van der Waals surface area contributed by atoms with Crippen LogP contribution in [-0.2, 0) is 16.0 Å². The molecule has 1 unspecified atom stereocenters. The summed E-state index contributed by atoms with van der Waals surface area (Å²) >= 11 is 3.41. The van der Waals surface area contributed by atoms with Crippen LogP contribution in [0.1, 0.15) is 17.4 Å². The van der Waals surface area contributed by atoms with Crippen molar-refractivity contribution >= 4 is 32.9 Å². The van der Waals surface area contributed by atoms with Gasteiger partial charge in [-0.1, -0.05) is 15.9 Å². The van der Waals surface area contributed by atoms with E-state index in [-0.39, 0.29) is 42.1 Å². The molecule has 1 amide bonds. The Morgan fingerprint density at radius 2 is 1.77 bits per heavy atom. The highest BCUT2D eigenvalue weighted by atomic mass is 79.9. The van der Waals surface area contributed by atoms with E-state index in [0.29, 0.717) is 16.8 Å². The van der Waals surface area contributed by atoms with Crippen molar-refractivity contribution in [3.05, 3.63) is 104 Å². The molecule has 1 aliphatic heterocycles. The number of nitrogens with zero attached hydrogens (tertiary/aromatic N) is 3. The first kappa shape index (κ1) is 25.1. The highest BCUT2D eigenvalue weighted by Gasteiger charge is 2.36. The van der Waals surface area contributed by atoms with Gasteiger partial charge in [-0.3, -0.25) is 4.79 Å². The van der Waals surface area contributed by atoms with Crippen LogP contribution in [0.15, 0.2) is 70.1 Å². The molecular weight excluding hydrogens is 579 g/mol. The van der Waals surface area contributed by atoms with Gasteiger partial charge in [-0.15, -0.1) is 0 Å². The smallest absolute Gasteiger partial charge is 0.323 e. The van der Waals surface area contributed by atoms with E-state index in [1.807, 2.05) is 24.3 Å². The molecule has 0 spiro atoms. The third-order valence-corrected chi connectivity index (χ3v) is 7.12. The molecular formula is C27H19BrF3N5O3. The summed E-state index contributed by atoms with van der Waals surface area (Å²) in [4.78, 5) is 30.5. The molecule has 39 heavy (non-hydrogen) atoms. The van der Waals surface area contributed by atoms with E-state index < -0.39 is 29.4 Å². The molecule has 8 nitrogen and oxygen atoms in total. The van der Waals surface area contributed by atoms with Crippen molar-refractivity contribution < 1.29 is 22.7 Å². The summed E-state index contributed by atoms with van der Waals surface area (Å²) in [6, 6.07) is 14.2. The Morgan fingerprint density at radius 3 is 2.51 bits per heavy atom. The van der Waals surface area contributed by atoms with Gasteiger partial charge in [0, 0.05) is 40.0 Å². The van der Waals surface area contributed by atoms with Crippen LogP contribution in [0.3, 0.4) is 0 Å². The number of ether oxygens (including phenoxy) is 1. The van der Waals surface area contributed by atoms with Crippen LogP contribution < -0.4 is 5.69 Å². The number of aromatic nitrogens is 4. The number of hydrogen-bond acceptors (Lipinski definition) is 4. The Balaban J connectivity index is 1.37. The number of hydrogen-bond donors (Lipinski definition) is 2. The maximum Gasteiger partial charge on any atom is 0.323 e. The topological polar surface area (TPSA) is 96.0 Å². The van der Waals surface area contributed by atoms with Gasteiger partial charge >= 0.3 is 5.69 Å². The quantitative estimate of drug-likeness (QED) is 0.288. The minimum atomic E-state index is -0.900. The SMILES string of the molecule is O=C1COC(c2cn(-c3ccc(Br)cc3)nc2-c2ccc(F)cc2)N1CCc1c(F)cc2[nH]c(=O)[nH]c2c1F. The number of rotatable bonds is 6. The lowest BCUT2D eigenvalue weighted by Gasteiger charge is -2.23. The molecule has 6 rings (SSSR count). The number of carbonyl (C=O) groups excluding carboxylic acids is 1. The molecule has 0 radical (unpaired) electrons. The van der Waals surface area contributed by atoms with Crippen LogP contribution in [0.5, 0.6) is 0 Å². The van der Waals surface area contributed by atoms with E-state index >= 15 is 4.39 Å². The van der Waals surface area contributed by atoms with Gasteiger partial charge in [0.1, 0.15) is 29.5 Å². The fourth-order valence-corrected chi connectivity index (χ4v) is 4.95. The monoisotopic (exact) mass is 597 g/mol. The Labute approximate surface area is 227 Å². The molecule has 2 aromatic heterocycles. The zero-order chi connectivity index (χ0) is 27.3. The average molecular weight is 598 g/mol. The number of amides is 1. The molecule has 3 heterocycles. The van der Waals surface area contributed by atoms with Crippen LogP contribution in [0, 0.1) is 17.5 Å². The van der Waals surface area contributed by atoms with Gasteiger partial charge in [-0.05, 0) is 55.0 Å². The van der Waals surface area contributed by atoms with Crippen LogP contribution >= 0.6 is 15.9 Å². The van der Waals surface area contributed by atoms with E-state index in [1.54, 1.807) is 23.0 Å². The number of imidazole rings is 1. The number of aromatic amines is 2. The van der Waals surface area contributed by atoms with Crippen LogP contribution in [0.4, 0.5) is 13.2 Å². The Bertz CT molecular complexity index is 1760. The van der Waals surface area contributed by atoms with Crippen molar-refractivity contribution in [2.24, 2.45) is 0 Å². The fourth-order valence-electron chi connectivity index (χ4n) is 4.69. The summed E-state index contributed by atoms with van der Waals surface area (Å²) < 4.78 is 51.8. The zero-order valence-corrected chi connectivity index (χ0v) is 21.6. The maximum atomic E-state index is 15.1. The molecule has 0 saturated carbocycles. The molecule has 1 saturated heterocycles. The summed E-state index contributed by atoms with van der Waals surface area (Å²) in [5.74, 6) is -2.51. The first-order valence-corrected chi connectivity index (χ1v) is 12.7. The first-order chi connectivity index (χ1) is 18.8.